The topological polar surface area (TPSA) is 63.4 Å². The van der Waals surface area contributed by atoms with Crippen LogP contribution >= 0.6 is 0 Å². The molecule has 1 fully saturated rings. The Labute approximate surface area is 107 Å². The van der Waals surface area contributed by atoms with Crippen molar-refractivity contribution in [3.05, 3.63) is 29.6 Å². The highest BCUT2D eigenvalue weighted by Crippen LogP contribution is 2.26. The summed E-state index contributed by atoms with van der Waals surface area (Å²) in [5.41, 5.74) is 6.25. The van der Waals surface area contributed by atoms with E-state index >= 15 is 0 Å². The first kappa shape index (κ1) is 13.5. The molecule has 2 atom stereocenters. The first-order valence-electron chi connectivity index (χ1n) is 5.87. The van der Waals surface area contributed by atoms with Gasteiger partial charge in [0.05, 0.1) is 4.90 Å². The van der Waals surface area contributed by atoms with E-state index in [2.05, 4.69) is 0 Å². The molecule has 1 saturated heterocycles. The van der Waals surface area contributed by atoms with Gasteiger partial charge in [0.2, 0.25) is 10.0 Å². The maximum absolute atomic E-state index is 13.5. The summed E-state index contributed by atoms with van der Waals surface area (Å²) in [6.45, 7) is 3.76. The summed E-state index contributed by atoms with van der Waals surface area (Å²) in [6.07, 6.45) is 0.634. The normalized spacial score (nSPS) is 25.6. The highest BCUT2D eigenvalue weighted by atomic mass is 32.2. The Morgan fingerprint density at radius 2 is 2.11 bits per heavy atom. The van der Waals surface area contributed by atoms with Gasteiger partial charge in [-0.1, -0.05) is 6.07 Å². The number of aryl methyl sites for hydroxylation is 1. The van der Waals surface area contributed by atoms with Crippen molar-refractivity contribution in [1.82, 2.24) is 4.31 Å². The van der Waals surface area contributed by atoms with Gasteiger partial charge in [-0.2, -0.15) is 4.31 Å². The van der Waals surface area contributed by atoms with E-state index < -0.39 is 15.8 Å². The van der Waals surface area contributed by atoms with Crippen LogP contribution < -0.4 is 5.73 Å². The van der Waals surface area contributed by atoms with Crippen LogP contribution in [0.5, 0.6) is 0 Å². The second-order valence-electron chi connectivity index (χ2n) is 4.72. The molecule has 0 spiro atoms. The molecule has 1 aliphatic heterocycles. The van der Waals surface area contributed by atoms with Gasteiger partial charge in [-0.15, -0.1) is 0 Å². The fraction of sp³-hybridized carbons (Fsp3) is 0.500. The molecule has 0 amide bonds. The second-order valence-corrected chi connectivity index (χ2v) is 6.61. The lowest BCUT2D eigenvalue weighted by Crippen LogP contribution is -2.40. The van der Waals surface area contributed by atoms with Gasteiger partial charge in [-0.25, -0.2) is 12.8 Å². The number of nitrogens with zero attached hydrogens (tertiary/aromatic N) is 1. The number of sulfonamides is 1. The minimum Gasteiger partial charge on any atom is -0.326 e. The summed E-state index contributed by atoms with van der Waals surface area (Å²) < 4.78 is 39.5. The molecule has 2 unspecified atom stereocenters. The van der Waals surface area contributed by atoms with Crippen molar-refractivity contribution >= 4 is 10.0 Å². The van der Waals surface area contributed by atoms with Crippen LogP contribution in [0.4, 0.5) is 4.39 Å². The Hall–Kier alpha value is -0.980. The summed E-state index contributed by atoms with van der Waals surface area (Å²) in [7, 11) is -3.65. The van der Waals surface area contributed by atoms with Crippen molar-refractivity contribution in [2.24, 2.45) is 5.73 Å². The maximum Gasteiger partial charge on any atom is 0.243 e. The fourth-order valence-corrected chi connectivity index (χ4v) is 3.85. The van der Waals surface area contributed by atoms with Crippen molar-refractivity contribution < 1.29 is 12.8 Å². The van der Waals surface area contributed by atoms with E-state index in [9.17, 15) is 12.8 Å². The zero-order valence-corrected chi connectivity index (χ0v) is 11.2. The highest BCUT2D eigenvalue weighted by Gasteiger charge is 2.37. The molecule has 1 aromatic rings. The smallest absolute Gasteiger partial charge is 0.243 e. The van der Waals surface area contributed by atoms with Crippen molar-refractivity contribution in [2.75, 3.05) is 6.54 Å². The van der Waals surface area contributed by atoms with Crippen molar-refractivity contribution in [3.63, 3.8) is 0 Å². The van der Waals surface area contributed by atoms with Crippen LogP contribution in [0.25, 0.3) is 0 Å². The molecule has 18 heavy (non-hydrogen) atoms. The van der Waals surface area contributed by atoms with E-state index in [-0.39, 0.29) is 17.0 Å². The average Bonchev–Trinajstić information content (AvgIpc) is 2.64. The van der Waals surface area contributed by atoms with E-state index in [4.69, 9.17) is 5.73 Å². The molecule has 2 N–H and O–H groups in total. The minimum atomic E-state index is -3.65. The standard InChI is InChI=1S/C12H17FN2O2S/c1-8-3-4-10(7-11(8)13)18(16,17)15-6-5-12(14)9(15)2/h3-4,7,9,12H,5-6,14H2,1-2H3. The zero-order chi connectivity index (χ0) is 13.5. The van der Waals surface area contributed by atoms with Crippen molar-refractivity contribution in [1.29, 1.82) is 0 Å². The minimum absolute atomic E-state index is 0.00782. The SMILES string of the molecule is Cc1ccc(S(=O)(=O)N2CCC(N)C2C)cc1F. The van der Waals surface area contributed by atoms with Crippen LogP contribution in [-0.2, 0) is 10.0 Å². The molecule has 1 heterocycles. The van der Waals surface area contributed by atoms with Gasteiger partial charge >= 0.3 is 0 Å². The van der Waals surface area contributed by atoms with E-state index in [0.29, 0.717) is 18.5 Å². The zero-order valence-electron chi connectivity index (χ0n) is 10.4. The summed E-state index contributed by atoms with van der Waals surface area (Å²) in [5.74, 6) is -0.507. The fourth-order valence-electron chi connectivity index (χ4n) is 2.14. The molecule has 0 radical (unpaired) electrons. The Morgan fingerprint density at radius 3 is 2.61 bits per heavy atom. The molecule has 1 aliphatic rings. The lowest BCUT2D eigenvalue weighted by Gasteiger charge is -2.22. The third-order valence-electron chi connectivity index (χ3n) is 3.51. The van der Waals surface area contributed by atoms with Gasteiger partial charge in [-0.05, 0) is 38.0 Å². The number of halogens is 1. The second kappa shape index (κ2) is 4.60. The Morgan fingerprint density at radius 1 is 1.44 bits per heavy atom. The number of hydrogen-bond donors (Lipinski definition) is 1. The average molecular weight is 272 g/mol. The van der Waals surface area contributed by atoms with E-state index in [1.165, 1.54) is 16.4 Å². The maximum atomic E-state index is 13.5. The van der Waals surface area contributed by atoms with Crippen LogP contribution in [0.2, 0.25) is 0 Å². The molecular weight excluding hydrogens is 255 g/mol. The lowest BCUT2D eigenvalue weighted by molar-refractivity contribution is 0.393. The predicted molar refractivity (Wildman–Crippen MR) is 67.1 cm³/mol. The van der Waals surface area contributed by atoms with Crippen LogP contribution in [0.15, 0.2) is 23.1 Å². The van der Waals surface area contributed by atoms with Crippen LogP contribution in [0.1, 0.15) is 18.9 Å². The summed E-state index contributed by atoms with van der Waals surface area (Å²) in [4.78, 5) is -0.00782. The Bertz CT molecular complexity index is 559. The van der Waals surface area contributed by atoms with Crippen LogP contribution in [0, 0.1) is 12.7 Å². The third kappa shape index (κ3) is 2.15. The predicted octanol–water partition coefficient (Wildman–Crippen LogP) is 1.24. The molecule has 6 heteroatoms. The summed E-state index contributed by atoms with van der Waals surface area (Å²) in [6, 6.07) is 3.57. The molecule has 0 bridgehead atoms. The summed E-state index contributed by atoms with van der Waals surface area (Å²) in [5, 5.41) is 0. The van der Waals surface area contributed by atoms with E-state index in [0.717, 1.165) is 6.07 Å². The highest BCUT2D eigenvalue weighted by molar-refractivity contribution is 7.89. The summed E-state index contributed by atoms with van der Waals surface area (Å²) >= 11 is 0. The first-order valence-corrected chi connectivity index (χ1v) is 7.31. The lowest BCUT2D eigenvalue weighted by atomic mass is 10.2. The molecule has 0 aromatic heterocycles. The number of hydrogen-bond acceptors (Lipinski definition) is 3. The monoisotopic (exact) mass is 272 g/mol. The Balaban J connectivity index is 2.39. The van der Waals surface area contributed by atoms with Gasteiger partial charge in [0.15, 0.2) is 0 Å². The largest absolute Gasteiger partial charge is 0.326 e. The van der Waals surface area contributed by atoms with E-state index in [1.54, 1.807) is 13.8 Å². The van der Waals surface area contributed by atoms with Crippen molar-refractivity contribution in [3.8, 4) is 0 Å². The molecule has 0 aliphatic carbocycles. The number of nitrogens with two attached hydrogens (primary N) is 1. The quantitative estimate of drug-likeness (QED) is 0.881. The first-order chi connectivity index (χ1) is 8.34. The van der Waals surface area contributed by atoms with Crippen molar-refractivity contribution in [2.45, 2.75) is 37.2 Å². The molecule has 4 nitrogen and oxygen atoms in total. The van der Waals surface area contributed by atoms with E-state index in [1.807, 2.05) is 0 Å². The van der Waals surface area contributed by atoms with Gasteiger partial charge in [-0.3, -0.25) is 0 Å². The van der Waals surface area contributed by atoms with Gasteiger partial charge in [0.25, 0.3) is 0 Å². The molecule has 100 valence electrons. The number of rotatable bonds is 2. The van der Waals surface area contributed by atoms with Crippen LogP contribution in [-0.4, -0.2) is 31.4 Å². The molecule has 0 saturated carbocycles. The molecule has 2 rings (SSSR count). The van der Waals surface area contributed by atoms with Gasteiger partial charge in [0.1, 0.15) is 5.82 Å². The van der Waals surface area contributed by atoms with Crippen LogP contribution in [0.3, 0.4) is 0 Å². The van der Waals surface area contributed by atoms with Gasteiger partial charge in [0, 0.05) is 18.6 Å². The molecule has 1 aromatic carbocycles. The number of benzene rings is 1. The molecular formula is C12H17FN2O2S. The third-order valence-corrected chi connectivity index (χ3v) is 5.49. The Kier molecular flexibility index (Phi) is 3.44. The van der Waals surface area contributed by atoms with Gasteiger partial charge < -0.3 is 5.73 Å².